The molecule has 2 heterocycles. The second kappa shape index (κ2) is 2.97. The number of alkyl halides is 2. The Balaban J connectivity index is 2.21. The summed E-state index contributed by atoms with van der Waals surface area (Å²) in [6.07, 6.45) is -0.0991. The summed E-state index contributed by atoms with van der Waals surface area (Å²) in [6.45, 7) is 0.109. The topological polar surface area (TPSA) is 21.1 Å². The molecule has 0 saturated carbocycles. The molecule has 0 aliphatic carbocycles. The van der Waals surface area contributed by atoms with E-state index in [1.807, 2.05) is 0 Å². The van der Waals surface area contributed by atoms with Crippen molar-refractivity contribution in [1.82, 2.24) is 9.78 Å². The van der Waals surface area contributed by atoms with Crippen molar-refractivity contribution in [3.8, 4) is 0 Å². The third-order valence-electron chi connectivity index (χ3n) is 2.37. The van der Waals surface area contributed by atoms with Gasteiger partial charge in [0, 0.05) is 25.6 Å². The lowest BCUT2D eigenvalue weighted by Gasteiger charge is -2.17. The minimum absolute atomic E-state index is 0.0991. The minimum atomic E-state index is -2.58. The zero-order valence-electron chi connectivity index (χ0n) is 7.87. The number of hydrogen-bond acceptors (Lipinski definition) is 2. The fourth-order valence-electron chi connectivity index (χ4n) is 1.71. The van der Waals surface area contributed by atoms with Crippen LogP contribution < -0.4 is 10.5 Å². The van der Waals surface area contributed by atoms with Crippen LogP contribution in [0.15, 0.2) is 6.07 Å². The van der Waals surface area contributed by atoms with Crippen molar-refractivity contribution in [3.05, 3.63) is 6.07 Å². The number of rotatable bonds is 1. The maximum atomic E-state index is 12.9. The molecular weight excluding hydrogens is 187 g/mol. The van der Waals surface area contributed by atoms with Crippen LogP contribution in [0, 0.1) is 0 Å². The van der Waals surface area contributed by atoms with Gasteiger partial charge in [0.2, 0.25) is 0 Å². The van der Waals surface area contributed by atoms with Crippen molar-refractivity contribution in [1.29, 1.82) is 0 Å². The zero-order chi connectivity index (χ0) is 10.3. The van der Waals surface area contributed by atoms with E-state index in [2.05, 4.69) is 5.10 Å². The lowest BCUT2D eigenvalue weighted by molar-refractivity contribution is 0.0256. The van der Waals surface area contributed by atoms with Crippen LogP contribution in [0.2, 0.25) is 0 Å². The Bertz CT molecular complexity index is 350. The third-order valence-corrected chi connectivity index (χ3v) is 2.37. The highest BCUT2D eigenvalue weighted by atomic mass is 19.3. The highest BCUT2D eigenvalue weighted by Gasteiger charge is 2.39. The summed E-state index contributed by atoms with van der Waals surface area (Å²) in [5, 5.41) is 3.91. The number of nitrogens with zero attached hydrogens (tertiary/aromatic N) is 3. The fourth-order valence-corrected chi connectivity index (χ4v) is 1.71. The molecule has 0 spiro atoms. The average molecular weight is 197 g/mol. The van der Waals surface area contributed by atoms with Crippen LogP contribution in [0.4, 0.5) is 14.6 Å². The molecule has 0 N–H and O–H groups in total. The van der Waals surface area contributed by atoms with Crippen molar-refractivity contribution in [2.75, 3.05) is 18.0 Å². The SMILES string of the molecule is [B]c1cc(N2CCC(F)(F)C2)n(C)n1. The predicted octanol–water partition coefficient (Wildman–Crippen LogP) is 0.0593. The summed E-state index contributed by atoms with van der Waals surface area (Å²) in [4.78, 5) is 1.60. The number of anilines is 1. The quantitative estimate of drug-likeness (QED) is 0.593. The maximum absolute atomic E-state index is 12.9. The van der Waals surface area contributed by atoms with Gasteiger partial charge in [-0.1, -0.05) is 0 Å². The maximum Gasteiger partial charge on any atom is 0.266 e. The molecule has 14 heavy (non-hydrogen) atoms. The Kier molecular flexibility index (Phi) is 2.01. The number of halogens is 2. The second-order valence-corrected chi connectivity index (χ2v) is 3.58. The first-order valence-corrected chi connectivity index (χ1v) is 4.40. The molecule has 1 saturated heterocycles. The van der Waals surface area contributed by atoms with E-state index in [0.29, 0.717) is 18.0 Å². The first-order valence-electron chi connectivity index (χ1n) is 4.40. The number of aryl methyl sites for hydroxylation is 1. The van der Waals surface area contributed by atoms with Crippen LogP contribution in [0.3, 0.4) is 0 Å². The first kappa shape index (κ1) is 9.49. The van der Waals surface area contributed by atoms with E-state index in [9.17, 15) is 8.78 Å². The molecule has 0 amide bonds. The van der Waals surface area contributed by atoms with Gasteiger partial charge in [0.05, 0.1) is 6.54 Å². The van der Waals surface area contributed by atoms with E-state index >= 15 is 0 Å². The molecule has 3 nitrogen and oxygen atoms in total. The molecule has 1 fully saturated rings. The lowest BCUT2D eigenvalue weighted by Crippen LogP contribution is -2.26. The standard InChI is InChI=1S/C8H10BF2N3/c1-13-7(4-6(9)12-13)14-3-2-8(10,11)5-14/h4H,2-3,5H2,1H3. The van der Waals surface area contributed by atoms with E-state index in [1.54, 1.807) is 18.0 Å². The third kappa shape index (κ3) is 1.60. The van der Waals surface area contributed by atoms with Gasteiger partial charge in [0.25, 0.3) is 5.92 Å². The zero-order valence-corrected chi connectivity index (χ0v) is 7.87. The monoisotopic (exact) mass is 197 g/mol. The Labute approximate surface area is 82.1 Å². The Morgan fingerprint density at radius 3 is 2.71 bits per heavy atom. The van der Waals surface area contributed by atoms with Crippen molar-refractivity contribution in [3.63, 3.8) is 0 Å². The van der Waals surface area contributed by atoms with Gasteiger partial charge in [-0.2, -0.15) is 5.10 Å². The molecule has 0 unspecified atom stereocenters. The summed E-state index contributed by atoms with van der Waals surface area (Å²) >= 11 is 0. The van der Waals surface area contributed by atoms with Gasteiger partial charge in [-0.05, 0) is 6.07 Å². The summed E-state index contributed by atoms with van der Waals surface area (Å²) in [5.41, 5.74) is 0.359. The van der Waals surface area contributed by atoms with Crippen LogP contribution in [-0.2, 0) is 7.05 Å². The number of hydrogen-bond donors (Lipinski definition) is 0. The van der Waals surface area contributed by atoms with Gasteiger partial charge in [0.1, 0.15) is 13.7 Å². The summed E-state index contributed by atoms with van der Waals surface area (Å²) in [7, 11) is 7.17. The first-order chi connectivity index (χ1) is 6.48. The van der Waals surface area contributed by atoms with Crippen LogP contribution >= 0.6 is 0 Å². The Morgan fingerprint density at radius 2 is 2.29 bits per heavy atom. The average Bonchev–Trinajstić information content (AvgIpc) is 2.55. The van der Waals surface area contributed by atoms with Gasteiger partial charge >= 0.3 is 0 Å². The fraction of sp³-hybridized carbons (Fsp3) is 0.625. The molecule has 2 radical (unpaired) electrons. The van der Waals surface area contributed by atoms with Crippen molar-refractivity contribution in [2.45, 2.75) is 12.3 Å². The van der Waals surface area contributed by atoms with Crippen LogP contribution in [-0.4, -0.2) is 36.6 Å². The molecule has 2 rings (SSSR count). The van der Waals surface area contributed by atoms with Gasteiger partial charge in [-0.3, -0.25) is 4.68 Å². The molecule has 1 aliphatic heterocycles. The molecular formula is C8H10BF2N3. The molecule has 0 atom stereocenters. The van der Waals surface area contributed by atoms with Gasteiger partial charge in [0.15, 0.2) is 0 Å². The minimum Gasteiger partial charge on any atom is -0.351 e. The molecule has 1 aromatic rings. The Morgan fingerprint density at radius 1 is 1.57 bits per heavy atom. The van der Waals surface area contributed by atoms with Crippen LogP contribution in [0.25, 0.3) is 0 Å². The van der Waals surface area contributed by atoms with Gasteiger partial charge in [-0.25, -0.2) is 8.78 Å². The highest BCUT2D eigenvalue weighted by Crippen LogP contribution is 2.29. The van der Waals surface area contributed by atoms with Crippen LogP contribution in [0.5, 0.6) is 0 Å². The summed E-state index contributed by atoms with van der Waals surface area (Å²) in [6, 6.07) is 1.61. The van der Waals surface area contributed by atoms with E-state index in [0.717, 1.165) is 0 Å². The van der Waals surface area contributed by atoms with Crippen LogP contribution in [0.1, 0.15) is 6.42 Å². The molecule has 0 bridgehead atoms. The Hall–Kier alpha value is -1.07. The van der Waals surface area contributed by atoms with Crippen molar-refractivity contribution < 1.29 is 8.78 Å². The molecule has 1 aromatic heterocycles. The largest absolute Gasteiger partial charge is 0.351 e. The smallest absolute Gasteiger partial charge is 0.266 e. The molecule has 0 aromatic carbocycles. The summed E-state index contributed by atoms with van der Waals surface area (Å²) in [5.74, 6) is -1.93. The van der Waals surface area contributed by atoms with E-state index in [4.69, 9.17) is 7.85 Å². The lowest BCUT2D eigenvalue weighted by atomic mass is 10.1. The van der Waals surface area contributed by atoms with E-state index in [1.165, 1.54) is 4.68 Å². The molecule has 74 valence electrons. The van der Waals surface area contributed by atoms with Crippen molar-refractivity contribution >= 4 is 19.3 Å². The molecule has 6 heteroatoms. The summed E-state index contributed by atoms with van der Waals surface area (Å²) < 4.78 is 27.4. The van der Waals surface area contributed by atoms with E-state index < -0.39 is 5.92 Å². The number of aromatic nitrogens is 2. The second-order valence-electron chi connectivity index (χ2n) is 3.58. The van der Waals surface area contributed by atoms with Gasteiger partial charge in [-0.15, -0.1) is 0 Å². The molecule has 1 aliphatic rings. The van der Waals surface area contributed by atoms with Crippen molar-refractivity contribution in [2.24, 2.45) is 7.05 Å². The van der Waals surface area contributed by atoms with E-state index in [-0.39, 0.29) is 13.0 Å². The highest BCUT2D eigenvalue weighted by molar-refractivity contribution is 6.30. The normalized spacial score (nSPS) is 20.4. The predicted molar refractivity (Wildman–Crippen MR) is 50.4 cm³/mol. The van der Waals surface area contributed by atoms with Gasteiger partial charge < -0.3 is 4.90 Å².